The Bertz CT molecular complexity index is 1010. The number of carbonyl (C=O) groups is 2. The molecule has 1 aromatic heterocycles. The Morgan fingerprint density at radius 3 is 2.41 bits per heavy atom. The summed E-state index contributed by atoms with van der Waals surface area (Å²) in [5.41, 5.74) is 1.12. The molecule has 1 unspecified atom stereocenters. The fraction of sp³-hybridized carbons (Fsp3) is 0.565. The molecule has 2 amide bonds. The van der Waals surface area contributed by atoms with Gasteiger partial charge in [0, 0.05) is 41.9 Å². The summed E-state index contributed by atoms with van der Waals surface area (Å²) in [5, 5.41) is 6.37. The van der Waals surface area contributed by atoms with Gasteiger partial charge in [-0.1, -0.05) is 6.08 Å². The number of aromatic nitrogens is 2. The SMILES string of the molecule is CN1C(=O)C2=CC=C(Nc3ncc(F)c(NC4CC(C)(C)N(C)C(C)(C)C4)n3)CC2C1=O. The van der Waals surface area contributed by atoms with Crippen molar-refractivity contribution in [3.05, 3.63) is 35.4 Å². The maximum absolute atomic E-state index is 14.5. The highest BCUT2D eigenvalue weighted by molar-refractivity contribution is 6.15. The van der Waals surface area contributed by atoms with Crippen molar-refractivity contribution in [2.24, 2.45) is 5.92 Å². The van der Waals surface area contributed by atoms with E-state index < -0.39 is 11.7 Å². The van der Waals surface area contributed by atoms with Gasteiger partial charge in [0.25, 0.3) is 5.91 Å². The number of likely N-dealkylation sites (tertiary alicyclic amines) is 2. The van der Waals surface area contributed by atoms with Crippen LogP contribution >= 0.6 is 0 Å². The first-order valence-corrected chi connectivity index (χ1v) is 10.9. The molecule has 9 heteroatoms. The lowest BCUT2D eigenvalue weighted by atomic mass is 9.77. The summed E-state index contributed by atoms with van der Waals surface area (Å²) >= 11 is 0. The number of piperidine rings is 1. The van der Waals surface area contributed by atoms with Crippen molar-refractivity contribution in [1.82, 2.24) is 19.8 Å². The average molecular weight is 443 g/mol. The topological polar surface area (TPSA) is 90.5 Å². The third-order valence-electron chi connectivity index (χ3n) is 7.11. The van der Waals surface area contributed by atoms with E-state index in [9.17, 15) is 14.0 Å². The normalized spacial score (nSPS) is 25.3. The fourth-order valence-electron chi connectivity index (χ4n) is 5.10. The van der Waals surface area contributed by atoms with Crippen molar-refractivity contribution in [3.8, 4) is 0 Å². The van der Waals surface area contributed by atoms with E-state index >= 15 is 0 Å². The van der Waals surface area contributed by atoms with Gasteiger partial charge in [-0.05, 0) is 53.7 Å². The lowest BCUT2D eigenvalue weighted by Crippen LogP contribution is -2.61. The molecule has 0 bridgehead atoms. The Morgan fingerprint density at radius 2 is 1.75 bits per heavy atom. The Hall–Kier alpha value is -2.81. The molecule has 4 rings (SSSR count). The largest absolute Gasteiger partial charge is 0.365 e. The number of nitrogens with one attached hydrogen (secondary N) is 2. The van der Waals surface area contributed by atoms with E-state index in [0.717, 1.165) is 23.9 Å². The maximum Gasteiger partial charge on any atom is 0.256 e. The molecule has 2 fully saturated rings. The first-order valence-electron chi connectivity index (χ1n) is 10.9. The van der Waals surface area contributed by atoms with Crippen LogP contribution in [0.15, 0.2) is 29.6 Å². The molecule has 2 aliphatic heterocycles. The summed E-state index contributed by atoms with van der Waals surface area (Å²) in [5.74, 6) is -1.09. The number of nitrogens with zero attached hydrogens (tertiary/aromatic N) is 4. The van der Waals surface area contributed by atoms with E-state index in [-0.39, 0.29) is 40.7 Å². The number of hydrogen-bond donors (Lipinski definition) is 2. The van der Waals surface area contributed by atoms with Crippen LogP contribution in [0, 0.1) is 11.7 Å². The van der Waals surface area contributed by atoms with Crippen LogP contribution in [0.4, 0.5) is 16.2 Å². The molecule has 0 saturated carbocycles. The standard InChI is InChI=1S/C23H31FN6O2/c1-22(2)10-14(11-23(3,4)30(22)6)26-18-17(24)12-25-21(28-18)27-13-7-8-15-16(9-13)20(32)29(5)19(15)31/h7-8,12,14,16H,9-11H2,1-6H3,(H2,25,26,27,28). The second-order valence-corrected chi connectivity index (χ2v) is 10.2. The van der Waals surface area contributed by atoms with Gasteiger partial charge in [-0.2, -0.15) is 4.98 Å². The molecule has 2 saturated heterocycles. The van der Waals surface area contributed by atoms with Crippen molar-refractivity contribution >= 4 is 23.6 Å². The summed E-state index contributed by atoms with van der Waals surface area (Å²) < 4.78 is 14.5. The van der Waals surface area contributed by atoms with Gasteiger partial charge in [0.15, 0.2) is 11.6 Å². The average Bonchev–Trinajstić information content (AvgIpc) is 2.92. The zero-order valence-electron chi connectivity index (χ0n) is 19.5. The van der Waals surface area contributed by atoms with Crippen LogP contribution in [-0.4, -0.2) is 62.8 Å². The van der Waals surface area contributed by atoms with Gasteiger partial charge in [0.2, 0.25) is 11.9 Å². The lowest BCUT2D eigenvalue weighted by Gasteiger charge is -2.53. The van der Waals surface area contributed by atoms with E-state index in [0.29, 0.717) is 17.7 Å². The van der Waals surface area contributed by atoms with Crippen LogP contribution < -0.4 is 10.6 Å². The summed E-state index contributed by atoms with van der Waals surface area (Å²) in [7, 11) is 3.62. The monoisotopic (exact) mass is 442 g/mol. The third kappa shape index (κ3) is 3.90. The van der Waals surface area contributed by atoms with Crippen molar-refractivity contribution in [3.63, 3.8) is 0 Å². The predicted octanol–water partition coefficient (Wildman–Crippen LogP) is 2.92. The number of likely N-dealkylation sites (N-methyl/N-ethyl adjacent to an activating group) is 1. The summed E-state index contributed by atoms with van der Waals surface area (Å²) in [6.45, 7) is 8.76. The highest BCUT2D eigenvalue weighted by Gasteiger charge is 2.44. The first kappa shape index (κ1) is 22.4. The fourth-order valence-corrected chi connectivity index (χ4v) is 5.10. The number of halogens is 1. The molecule has 3 heterocycles. The highest BCUT2D eigenvalue weighted by Crippen LogP contribution is 2.38. The lowest BCUT2D eigenvalue weighted by molar-refractivity contribution is -0.137. The minimum absolute atomic E-state index is 0.0423. The summed E-state index contributed by atoms with van der Waals surface area (Å²) in [6, 6.07) is 0.0606. The molecule has 3 aliphatic rings. The Balaban J connectivity index is 1.50. The zero-order chi connectivity index (χ0) is 23.4. The molecule has 1 aliphatic carbocycles. The van der Waals surface area contributed by atoms with Crippen molar-refractivity contribution in [2.75, 3.05) is 24.7 Å². The third-order valence-corrected chi connectivity index (χ3v) is 7.11. The number of hydrogen-bond acceptors (Lipinski definition) is 7. The zero-order valence-corrected chi connectivity index (χ0v) is 19.5. The van der Waals surface area contributed by atoms with Gasteiger partial charge >= 0.3 is 0 Å². The van der Waals surface area contributed by atoms with Crippen LogP contribution in [0.2, 0.25) is 0 Å². The molecule has 1 atom stereocenters. The van der Waals surface area contributed by atoms with Crippen molar-refractivity contribution < 1.29 is 14.0 Å². The van der Waals surface area contributed by atoms with Crippen LogP contribution in [0.25, 0.3) is 0 Å². The van der Waals surface area contributed by atoms with E-state index in [4.69, 9.17) is 0 Å². The quantitative estimate of drug-likeness (QED) is 0.693. The number of rotatable bonds is 4. The Kier molecular flexibility index (Phi) is 5.35. The number of imide groups is 1. The molecular formula is C23H31FN6O2. The summed E-state index contributed by atoms with van der Waals surface area (Å²) in [6.07, 6.45) is 6.60. The smallest absolute Gasteiger partial charge is 0.256 e. The molecule has 2 N–H and O–H groups in total. The minimum atomic E-state index is -0.511. The Morgan fingerprint density at radius 1 is 1.09 bits per heavy atom. The van der Waals surface area contributed by atoms with Gasteiger partial charge in [-0.25, -0.2) is 9.37 Å². The van der Waals surface area contributed by atoms with Gasteiger partial charge in [-0.3, -0.25) is 19.4 Å². The molecular weight excluding hydrogens is 411 g/mol. The number of fused-ring (bicyclic) bond motifs is 1. The summed E-state index contributed by atoms with van der Waals surface area (Å²) in [4.78, 5) is 36.4. The molecule has 1 aromatic rings. The van der Waals surface area contributed by atoms with E-state index in [2.05, 4.69) is 60.2 Å². The highest BCUT2D eigenvalue weighted by atomic mass is 19.1. The number of amides is 2. The van der Waals surface area contributed by atoms with Gasteiger partial charge in [0.1, 0.15) is 0 Å². The van der Waals surface area contributed by atoms with Crippen LogP contribution in [-0.2, 0) is 9.59 Å². The Labute approximate surface area is 188 Å². The maximum atomic E-state index is 14.5. The van der Waals surface area contributed by atoms with Gasteiger partial charge < -0.3 is 10.6 Å². The first-order chi connectivity index (χ1) is 14.9. The van der Waals surface area contributed by atoms with Crippen LogP contribution in [0.3, 0.4) is 0 Å². The number of carbonyl (C=O) groups excluding carboxylic acids is 2. The molecule has 0 spiro atoms. The van der Waals surface area contributed by atoms with E-state index in [1.807, 2.05) is 0 Å². The molecule has 32 heavy (non-hydrogen) atoms. The van der Waals surface area contributed by atoms with E-state index in [1.54, 1.807) is 12.2 Å². The van der Waals surface area contributed by atoms with Gasteiger partial charge in [-0.15, -0.1) is 0 Å². The van der Waals surface area contributed by atoms with Crippen LogP contribution in [0.1, 0.15) is 47.0 Å². The molecule has 0 aromatic carbocycles. The second kappa shape index (κ2) is 7.65. The number of anilines is 2. The van der Waals surface area contributed by atoms with Crippen molar-refractivity contribution in [1.29, 1.82) is 0 Å². The van der Waals surface area contributed by atoms with Crippen LogP contribution in [0.5, 0.6) is 0 Å². The van der Waals surface area contributed by atoms with Crippen molar-refractivity contribution in [2.45, 2.75) is 64.1 Å². The predicted molar refractivity (Wildman–Crippen MR) is 120 cm³/mol. The molecule has 8 nitrogen and oxygen atoms in total. The van der Waals surface area contributed by atoms with Gasteiger partial charge in [0.05, 0.1) is 12.1 Å². The molecule has 0 radical (unpaired) electrons. The molecule has 172 valence electrons. The number of allylic oxidation sites excluding steroid dienone is 3. The minimum Gasteiger partial charge on any atom is -0.365 e. The van der Waals surface area contributed by atoms with E-state index in [1.165, 1.54) is 7.05 Å². The second-order valence-electron chi connectivity index (χ2n) is 10.2.